The van der Waals surface area contributed by atoms with E-state index in [4.69, 9.17) is 19.6 Å². The Kier molecular flexibility index (Phi) is 2.48. The maximum Gasteiger partial charge on any atom is 0.306 e. The van der Waals surface area contributed by atoms with Crippen molar-refractivity contribution in [2.45, 2.75) is 25.0 Å². The van der Waals surface area contributed by atoms with Crippen LogP contribution in [0.5, 0.6) is 0 Å². The fraction of sp³-hybridized carbons (Fsp3) is 0.875. The van der Waals surface area contributed by atoms with Crippen LogP contribution in [0.4, 0.5) is 0 Å². The van der Waals surface area contributed by atoms with Gasteiger partial charge in [-0.25, -0.2) is 9.78 Å². The summed E-state index contributed by atoms with van der Waals surface area (Å²) in [5.74, 6) is -0.320. The molecule has 2 aliphatic heterocycles. The second-order valence-corrected chi connectivity index (χ2v) is 3.32. The molecule has 1 unspecified atom stereocenters. The molecule has 0 radical (unpaired) electrons. The number of aliphatic hydroxyl groups excluding tert-OH is 1. The van der Waals surface area contributed by atoms with Crippen LogP contribution in [0, 0.1) is 5.92 Å². The Balaban J connectivity index is 1.99. The summed E-state index contributed by atoms with van der Waals surface area (Å²) >= 11 is 0. The smallest absolute Gasteiger partial charge is 0.306 e. The second kappa shape index (κ2) is 3.61. The molecule has 2 fully saturated rings. The number of rotatable bonds is 2. The Morgan fingerprint density at radius 1 is 1.54 bits per heavy atom. The van der Waals surface area contributed by atoms with E-state index in [2.05, 4.69) is 0 Å². The van der Waals surface area contributed by atoms with Crippen molar-refractivity contribution in [1.82, 2.24) is 0 Å². The zero-order valence-corrected chi connectivity index (χ0v) is 7.14. The van der Waals surface area contributed by atoms with Crippen molar-refractivity contribution in [3.8, 4) is 0 Å². The highest BCUT2D eigenvalue weighted by molar-refractivity contribution is 5.72. The van der Waals surface area contributed by atoms with Gasteiger partial charge >= 0.3 is 5.97 Å². The molecule has 2 aliphatic rings. The quantitative estimate of drug-likeness (QED) is 0.473. The molecule has 0 saturated carbocycles. The molecule has 3 atom stereocenters. The van der Waals surface area contributed by atoms with Crippen LogP contribution < -0.4 is 0 Å². The van der Waals surface area contributed by atoms with E-state index < -0.39 is 6.10 Å². The van der Waals surface area contributed by atoms with Crippen molar-refractivity contribution in [1.29, 1.82) is 0 Å². The Morgan fingerprint density at radius 3 is 3.00 bits per heavy atom. The summed E-state index contributed by atoms with van der Waals surface area (Å²) in [5.41, 5.74) is 0. The first-order valence-corrected chi connectivity index (χ1v) is 4.40. The van der Waals surface area contributed by atoms with E-state index in [1.807, 2.05) is 0 Å². The van der Waals surface area contributed by atoms with Gasteiger partial charge in [0.1, 0.15) is 12.2 Å². The van der Waals surface area contributed by atoms with Gasteiger partial charge in [-0.05, 0) is 0 Å². The van der Waals surface area contributed by atoms with Crippen molar-refractivity contribution in [3.05, 3.63) is 0 Å². The predicted molar refractivity (Wildman–Crippen MR) is 40.5 cm³/mol. The topological polar surface area (TPSA) is 65.0 Å². The van der Waals surface area contributed by atoms with Crippen molar-refractivity contribution >= 4 is 5.97 Å². The van der Waals surface area contributed by atoms with E-state index in [1.165, 1.54) is 0 Å². The van der Waals surface area contributed by atoms with Gasteiger partial charge in [0, 0.05) is 12.3 Å². The molecule has 0 spiro atoms. The van der Waals surface area contributed by atoms with Crippen molar-refractivity contribution in [3.63, 3.8) is 0 Å². The Bertz CT molecular complexity index is 199. The SMILES string of the molecule is O=C1C[C@H](C2CCOO2)[C@@H](CO)O1. The van der Waals surface area contributed by atoms with E-state index in [1.54, 1.807) is 0 Å². The molecule has 0 amide bonds. The van der Waals surface area contributed by atoms with E-state index in [-0.39, 0.29) is 24.6 Å². The average Bonchev–Trinajstić information content (AvgIpc) is 2.71. The van der Waals surface area contributed by atoms with Gasteiger partial charge in [0.2, 0.25) is 0 Å². The van der Waals surface area contributed by atoms with Gasteiger partial charge in [-0.15, -0.1) is 0 Å². The number of cyclic esters (lactones) is 1. The van der Waals surface area contributed by atoms with E-state index in [9.17, 15) is 4.79 Å². The van der Waals surface area contributed by atoms with Gasteiger partial charge in [0.05, 0.1) is 19.6 Å². The molecule has 5 nitrogen and oxygen atoms in total. The van der Waals surface area contributed by atoms with Crippen LogP contribution in [0.2, 0.25) is 0 Å². The summed E-state index contributed by atoms with van der Waals surface area (Å²) < 4.78 is 4.91. The standard InChI is InChI=1S/C8H12O5/c9-4-7-5(3-8(10)12-7)6-1-2-11-13-6/h5-7,9H,1-4H2/t5-,6?,7-/m1/s1. The first-order valence-electron chi connectivity index (χ1n) is 4.40. The molecule has 2 rings (SSSR count). The molecule has 2 saturated heterocycles. The van der Waals surface area contributed by atoms with E-state index >= 15 is 0 Å². The van der Waals surface area contributed by atoms with E-state index in [0.29, 0.717) is 13.0 Å². The lowest BCUT2D eigenvalue weighted by Crippen LogP contribution is -2.30. The van der Waals surface area contributed by atoms with E-state index in [0.717, 1.165) is 6.42 Å². The number of hydrogen-bond acceptors (Lipinski definition) is 5. The molecular weight excluding hydrogens is 176 g/mol. The lowest BCUT2D eigenvalue weighted by Gasteiger charge is -2.18. The highest BCUT2D eigenvalue weighted by Gasteiger charge is 2.42. The van der Waals surface area contributed by atoms with Gasteiger partial charge < -0.3 is 9.84 Å². The minimum absolute atomic E-state index is 0.0556. The summed E-state index contributed by atoms with van der Waals surface area (Å²) in [6, 6.07) is 0. The highest BCUT2D eigenvalue weighted by atomic mass is 17.2. The maximum absolute atomic E-state index is 10.9. The lowest BCUT2D eigenvalue weighted by molar-refractivity contribution is -0.285. The van der Waals surface area contributed by atoms with Crippen LogP contribution in [0.25, 0.3) is 0 Å². The highest BCUT2D eigenvalue weighted by Crippen LogP contribution is 2.30. The average molecular weight is 188 g/mol. The number of carbonyl (C=O) groups is 1. The first-order chi connectivity index (χ1) is 6.31. The minimum atomic E-state index is -0.417. The second-order valence-electron chi connectivity index (χ2n) is 3.32. The number of esters is 1. The van der Waals surface area contributed by atoms with Crippen LogP contribution >= 0.6 is 0 Å². The molecule has 2 heterocycles. The van der Waals surface area contributed by atoms with Gasteiger partial charge in [-0.3, -0.25) is 4.79 Å². The third-order valence-corrected chi connectivity index (χ3v) is 2.50. The maximum atomic E-state index is 10.9. The molecule has 0 aromatic heterocycles. The largest absolute Gasteiger partial charge is 0.459 e. The summed E-state index contributed by atoms with van der Waals surface area (Å²) in [7, 11) is 0. The first kappa shape index (κ1) is 8.93. The lowest BCUT2D eigenvalue weighted by atomic mass is 9.93. The molecule has 74 valence electrons. The molecule has 13 heavy (non-hydrogen) atoms. The molecule has 0 aromatic rings. The summed E-state index contributed by atoms with van der Waals surface area (Å²) in [6.45, 7) is 0.407. The van der Waals surface area contributed by atoms with Gasteiger partial charge in [-0.1, -0.05) is 0 Å². The van der Waals surface area contributed by atoms with Crippen LogP contribution in [0.15, 0.2) is 0 Å². The van der Waals surface area contributed by atoms with Crippen molar-refractivity contribution in [2.75, 3.05) is 13.2 Å². The van der Waals surface area contributed by atoms with Gasteiger partial charge in [-0.2, -0.15) is 0 Å². The van der Waals surface area contributed by atoms with Crippen molar-refractivity contribution < 1.29 is 24.4 Å². The molecule has 0 aliphatic carbocycles. The molecular formula is C8H12O5. The van der Waals surface area contributed by atoms with Gasteiger partial charge in [0.25, 0.3) is 0 Å². The fourth-order valence-electron chi connectivity index (χ4n) is 1.81. The predicted octanol–water partition coefficient (Wildman–Crippen LogP) is -0.369. The summed E-state index contributed by atoms with van der Waals surface area (Å²) in [5, 5.41) is 8.94. The fourth-order valence-corrected chi connectivity index (χ4v) is 1.81. The summed E-state index contributed by atoms with van der Waals surface area (Å²) in [6.07, 6.45) is 0.555. The third-order valence-electron chi connectivity index (χ3n) is 2.50. The Morgan fingerprint density at radius 2 is 2.38 bits per heavy atom. The monoisotopic (exact) mass is 188 g/mol. The molecule has 1 N–H and O–H groups in total. The summed E-state index contributed by atoms with van der Waals surface area (Å²) in [4.78, 5) is 20.7. The van der Waals surface area contributed by atoms with Crippen LogP contribution in [-0.2, 0) is 19.3 Å². The zero-order chi connectivity index (χ0) is 9.26. The van der Waals surface area contributed by atoms with Crippen LogP contribution in [-0.4, -0.2) is 36.5 Å². The van der Waals surface area contributed by atoms with Crippen LogP contribution in [0.1, 0.15) is 12.8 Å². The molecule has 5 heteroatoms. The van der Waals surface area contributed by atoms with Gasteiger partial charge in [0.15, 0.2) is 0 Å². The molecule has 0 bridgehead atoms. The Labute approximate surface area is 75.5 Å². The third kappa shape index (κ3) is 1.67. The zero-order valence-electron chi connectivity index (χ0n) is 7.14. The normalized spacial score (nSPS) is 39.5. The number of ether oxygens (including phenoxy) is 1. The number of hydrogen-bond donors (Lipinski definition) is 1. The molecule has 0 aromatic carbocycles. The minimum Gasteiger partial charge on any atom is -0.459 e. The van der Waals surface area contributed by atoms with Crippen molar-refractivity contribution in [2.24, 2.45) is 5.92 Å². The Hall–Kier alpha value is -0.650. The number of aliphatic hydroxyl groups is 1. The van der Waals surface area contributed by atoms with Crippen LogP contribution in [0.3, 0.4) is 0 Å². The number of carbonyl (C=O) groups excluding carboxylic acids is 1.